The Balaban J connectivity index is 1.92. The van der Waals surface area contributed by atoms with Gasteiger partial charge < -0.3 is 5.32 Å². The minimum absolute atomic E-state index is 0.491. The van der Waals surface area contributed by atoms with Crippen molar-refractivity contribution in [3.05, 3.63) is 0 Å². The molecule has 1 saturated carbocycles. The van der Waals surface area contributed by atoms with E-state index >= 15 is 0 Å². The molecule has 0 aromatic carbocycles. The summed E-state index contributed by atoms with van der Waals surface area (Å²) >= 11 is 0. The fraction of sp³-hybridized carbons (Fsp3) is 1.00. The third kappa shape index (κ3) is 4.45. The summed E-state index contributed by atoms with van der Waals surface area (Å²) < 4.78 is 0. The lowest BCUT2D eigenvalue weighted by atomic mass is 10.0. The fourth-order valence-electron chi connectivity index (χ4n) is 2.45. The van der Waals surface area contributed by atoms with Gasteiger partial charge in [-0.1, -0.05) is 45.4 Å². The van der Waals surface area contributed by atoms with Crippen LogP contribution in [0.15, 0.2) is 0 Å². The minimum atomic E-state index is 0.491. The van der Waals surface area contributed by atoms with Crippen molar-refractivity contribution in [2.75, 3.05) is 6.54 Å². The van der Waals surface area contributed by atoms with Crippen LogP contribution >= 0.6 is 0 Å². The number of unbranched alkanes of at least 4 members (excludes halogenated alkanes) is 4. The van der Waals surface area contributed by atoms with Gasteiger partial charge in [-0.05, 0) is 32.7 Å². The van der Waals surface area contributed by atoms with Gasteiger partial charge in [0.1, 0.15) is 0 Å². The minimum Gasteiger partial charge on any atom is -0.312 e. The maximum absolute atomic E-state index is 3.73. The highest BCUT2D eigenvalue weighted by atomic mass is 15.0. The maximum atomic E-state index is 3.73. The number of nitrogens with one attached hydrogen (secondary N) is 1. The summed E-state index contributed by atoms with van der Waals surface area (Å²) in [5.41, 5.74) is 0.491. The largest absolute Gasteiger partial charge is 0.312 e. The highest BCUT2D eigenvalue weighted by Crippen LogP contribution is 2.28. The van der Waals surface area contributed by atoms with Crippen LogP contribution in [0.2, 0.25) is 0 Å². The molecule has 1 nitrogen and oxygen atoms in total. The zero-order valence-electron chi connectivity index (χ0n) is 10.1. The standard InChI is InChI=1S/C13H27N/c1-3-4-5-6-9-12-14-13(2)10-7-8-11-13/h14H,3-12H2,1-2H3. The van der Waals surface area contributed by atoms with Gasteiger partial charge in [-0.3, -0.25) is 0 Å². The summed E-state index contributed by atoms with van der Waals surface area (Å²) in [5.74, 6) is 0. The van der Waals surface area contributed by atoms with Crippen LogP contribution < -0.4 is 5.32 Å². The lowest BCUT2D eigenvalue weighted by molar-refractivity contribution is 0.359. The van der Waals surface area contributed by atoms with Crippen molar-refractivity contribution in [1.82, 2.24) is 5.32 Å². The monoisotopic (exact) mass is 197 g/mol. The first kappa shape index (κ1) is 12.0. The fourth-order valence-corrected chi connectivity index (χ4v) is 2.45. The molecule has 0 saturated heterocycles. The maximum Gasteiger partial charge on any atom is 0.0153 e. The van der Waals surface area contributed by atoms with Gasteiger partial charge in [-0.25, -0.2) is 0 Å². The van der Waals surface area contributed by atoms with E-state index in [9.17, 15) is 0 Å². The van der Waals surface area contributed by atoms with E-state index in [1.165, 1.54) is 64.3 Å². The Labute approximate surface area is 89.7 Å². The van der Waals surface area contributed by atoms with Crippen molar-refractivity contribution < 1.29 is 0 Å². The van der Waals surface area contributed by atoms with Crippen LogP contribution in [0.5, 0.6) is 0 Å². The summed E-state index contributed by atoms with van der Waals surface area (Å²) in [4.78, 5) is 0. The smallest absolute Gasteiger partial charge is 0.0153 e. The average molecular weight is 197 g/mol. The highest BCUT2D eigenvalue weighted by Gasteiger charge is 2.26. The molecule has 1 aliphatic rings. The van der Waals surface area contributed by atoms with Gasteiger partial charge in [0, 0.05) is 5.54 Å². The summed E-state index contributed by atoms with van der Waals surface area (Å²) in [7, 11) is 0. The van der Waals surface area contributed by atoms with Crippen molar-refractivity contribution in [2.24, 2.45) is 0 Å². The first-order valence-corrected chi connectivity index (χ1v) is 6.52. The van der Waals surface area contributed by atoms with Crippen LogP contribution in [0.1, 0.15) is 71.6 Å². The molecule has 1 fully saturated rings. The molecular weight excluding hydrogens is 170 g/mol. The SMILES string of the molecule is CCCCCCCNC1(C)CCCC1. The van der Waals surface area contributed by atoms with Crippen molar-refractivity contribution in [2.45, 2.75) is 77.2 Å². The molecule has 1 rings (SSSR count). The first-order chi connectivity index (χ1) is 6.77. The Bertz CT molecular complexity index is 136. The second kappa shape index (κ2) is 6.44. The molecule has 1 heteroatoms. The van der Waals surface area contributed by atoms with Crippen LogP contribution in [-0.2, 0) is 0 Å². The summed E-state index contributed by atoms with van der Waals surface area (Å²) in [6.45, 7) is 5.91. The van der Waals surface area contributed by atoms with Crippen molar-refractivity contribution in [3.63, 3.8) is 0 Å². The topological polar surface area (TPSA) is 12.0 Å². The molecule has 0 radical (unpaired) electrons. The average Bonchev–Trinajstić information content (AvgIpc) is 2.59. The van der Waals surface area contributed by atoms with Gasteiger partial charge in [-0.15, -0.1) is 0 Å². The number of rotatable bonds is 7. The lowest BCUT2D eigenvalue weighted by Gasteiger charge is -2.25. The Hall–Kier alpha value is -0.0400. The molecular formula is C13H27N. The molecule has 1 aliphatic carbocycles. The molecule has 0 spiro atoms. The van der Waals surface area contributed by atoms with Gasteiger partial charge in [-0.2, -0.15) is 0 Å². The van der Waals surface area contributed by atoms with E-state index in [0.29, 0.717) is 5.54 Å². The van der Waals surface area contributed by atoms with E-state index in [1.54, 1.807) is 0 Å². The number of hydrogen-bond donors (Lipinski definition) is 1. The second-order valence-electron chi connectivity index (χ2n) is 5.11. The van der Waals surface area contributed by atoms with Crippen molar-refractivity contribution >= 4 is 0 Å². The van der Waals surface area contributed by atoms with E-state index in [0.717, 1.165) is 0 Å². The van der Waals surface area contributed by atoms with E-state index in [4.69, 9.17) is 0 Å². The lowest BCUT2D eigenvalue weighted by Crippen LogP contribution is -2.39. The highest BCUT2D eigenvalue weighted by molar-refractivity contribution is 4.87. The molecule has 14 heavy (non-hydrogen) atoms. The molecule has 0 amide bonds. The predicted octanol–water partition coefficient (Wildman–Crippen LogP) is 3.88. The van der Waals surface area contributed by atoms with Gasteiger partial charge in [0.25, 0.3) is 0 Å². The van der Waals surface area contributed by atoms with Crippen LogP contribution in [0.4, 0.5) is 0 Å². The summed E-state index contributed by atoms with van der Waals surface area (Å²) in [5, 5.41) is 3.73. The molecule has 0 aromatic heterocycles. The van der Waals surface area contributed by atoms with Crippen LogP contribution in [-0.4, -0.2) is 12.1 Å². The molecule has 84 valence electrons. The Kier molecular flexibility index (Phi) is 5.54. The predicted molar refractivity (Wildman–Crippen MR) is 63.6 cm³/mol. The van der Waals surface area contributed by atoms with E-state index in [-0.39, 0.29) is 0 Å². The van der Waals surface area contributed by atoms with E-state index in [1.807, 2.05) is 0 Å². The van der Waals surface area contributed by atoms with E-state index in [2.05, 4.69) is 19.2 Å². The Morgan fingerprint density at radius 2 is 1.64 bits per heavy atom. The Morgan fingerprint density at radius 1 is 1.00 bits per heavy atom. The summed E-state index contributed by atoms with van der Waals surface area (Å²) in [6.07, 6.45) is 12.6. The van der Waals surface area contributed by atoms with E-state index < -0.39 is 0 Å². The third-order valence-corrected chi connectivity index (χ3v) is 3.54. The normalized spacial score (nSPS) is 20.1. The molecule has 0 aromatic rings. The van der Waals surface area contributed by atoms with Gasteiger partial charge >= 0.3 is 0 Å². The molecule has 0 bridgehead atoms. The first-order valence-electron chi connectivity index (χ1n) is 6.52. The molecule has 0 heterocycles. The quantitative estimate of drug-likeness (QED) is 0.611. The number of hydrogen-bond acceptors (Lipinski definition) is 1. The second-order valence-corrected chi connectivity index (χ2v) is 5.11. The van der Waals surface area contributed by atoms with Crippen molar-refractivity contribution in [3.8, 4) is 0 Å². The van der Waals surface area contributed by atoms with Crippen LogP contribution in [0.3, 0.4) is 0 Å². The van der Waals surface area contributed by atoms with Gasteiger partial charge in [0.2, 0.25) is 0 Å². The molecule has 0 aliphatic heterocycles. The molecule has 0 atom stereocenters. The van der Waals surface area contributed by atoms with Gasteiger partial charge in [0.15, 0.2) is 0 Å². The molecule has 1 N–H and O–H groups in total. The zero-order valence-corrected chi connectivity index (χ0v) is 10.1. The third-order valence-electron chi connectivity index (χ3n) is 3.54. The van der Waals surface area contributed by atoms with Crippen LogP contribution in [0.25, 0.3) is 0 Å². The molecule has 0 unspecified atom stereocenters. The zero-order chi connectivity index (χ0) is 10.3. The van der Waals surface area contributed by atoms with Gasteiger partial charge in [0.05, 0.1) is 0 Å². The van der Waals surface area contributed by atoms with Crippen LogP contribution in [0, 0.1) is 0 Å². The summed E-state index contributed by atoms with van der Waals surface area (Å²) in [6, 6.07) is 0. The van der Waals surface area contributed by atoms with Crippen molar-refractivity contribution in [1.29, 1.82) is 0 Å². The Morgan fingerprint density at radius 3 is 2.29 bits per heavy atom.